The molecule has 1 atom stereocenters. The van der Waals surface area contributed by atoms with E-state index >= 15 is 0 Å². The molecule has 0 radical (unpaired) electrons. The van der Waals surface area contributed by atoms with Gasteiger partial charge < -0.3 is 0 Å². The van der Waals surface area contributed by atoms with Crippen LogP contribution in [0.3, 0.4) is 0 Å². The van der Waals surface area contributed by atoms with E-state index in [1.807, 2.05) is 0 Å². The fourth-order valence-corrected chi connectivity index (χ4v) is 3.63. The number of hydrogen-bond donors (Lipinski definition) is 2. The maximum Gasteiger partial charge on any atom is 0.0701 e. The third-order valence-electron chi connectivity index (χ3n) is 2.71. The first-order chi connectivity index (χ1) is 8.67. The Hall–Kier alpha value is -0.200. The first-order valence-electron chi connectivity index (χ1n) is 5.62. The van der Waals surface area contributed by atoms with Gasteiger partial charge in [0, 0.05) is 15.4 Å². The molecule has 0 saturated heterocycles. The number of rotatable bonds is 5. The number of thiophene rings is 1. The number of nitrogens with two attached hydrogens (primary N) is 1. The summed E-state index contributed by atoms with van der Waals surface area (Å²) in [6, 6.07) is 12.8. The van der Waals surface area contributed by atoms with E-state index in [0.29, 0.717) is 0 Å². The highest BCUT2D eigenvalue weighted by atomic mass is 79.9. The zero-order valence-electron chi connectivity index (χ0n) is 9.70. The van der Waals surface area contributed by atoms with Crippen LogP contribution < -0.4 is 11.3 Å². The van der Waals surface area contributed by atoms with Crippen LogP contribution in [0.1, 0.15) is 10.4 Å². The van der Waals surface area contributed by atoms with Crippen molar-refractivity contribution in [3.63, 3.8) is 0 Å². The SMILES string of the molecule is NNC(Cc1ccc(Br)cc1)Cc1ccc(Br)s1. The average molecular weight is 390 g/mol. The van der Waals surface area contributed by atoms with Crippen molar-refractivity contribution in [2.75, 3.05) is 0 Å². The van der Waals surface area contributed by atoms with Gasteiger partial charge in [0.2, 0.25) is 0 Å². The molecule has 0 fully saturated rings. The highest BCUT2D eigenvalue weighted by Crippen LogP contribution is 2.23. The molecule has 2 nitrogen and oxygen atoms in total. The largest absolute Gasteiger partial charge is 0.271 e. The third kappa shape index (κ3) is 4.17. The molecular weight excluding hydrogens is 376 g/mol. The van der Waals surface area contributed by atoms with Crippen molar-refractivity contribution < 1.29 is 0 Å². The molecule has 2 aromatic rings. The van der Waals surface area contributed by atoms with Crippen molar-refractivity contribution in [3.05, 3.63) is 55.1 Å². The van der Waals surface area contributed by atoms with Crippen molar-refractivity contribution in [3.8, 4) is 0 Å². The van der Waals surface area contributed by atoms with Crippen molar-refractivity contribution in [2.45, 2.75) is 18.9 Å². The Bertz CT molecular complexity index is 496. The van der Waals surface area contributed by atoms with Gasteiger partial charge in [-0.15, -0.1) is 11.3 Å². The summed E-state index contributed by atoms with van der Waals surface area (Å²) in [7, 11) is 0. The molecule has 0 bridgehead atoms. The Morgan fingerprint density at radius 2 is 1.78 bits per heavy atom. The molecule has 2 rings (SSSR count). The lowest BCUT2D eigenvalue weighted by Gasteiger charge is -2.15. The molecule has 0 spiro atoms. The fraction of sp³-hybridized carbons (Fsp3) is 0.231. The summed E-state index contributed by atoms with van der Waals surface area (Å²) in [6.07, 6.45) is 1.88. The van der Waals surface area contributed by atoms with E-state index in [-0.39, 0.29) is 6.04 Å². The third-order valence-corrected chi connectivity index (χ3v) is 4.88. The van der Waals surface area contributed by atoms with E-state index in [1.54, 1.807) is 11.3 Å². The van der Waals surface area contributed by atoms with E-state index in [4.69, 9.17) is 5.84 Å². The summed E-state index contributed by atoms with van der Waals surface area (Å²) in [6.45, 7) is 0. The van der Waals surface area contributed by atoms with Crippen LogP contribution in [0.4, 0.5) is 0 Å². The quantitative estimate of drug-likeness (QED) is 0.601. The summed E-state index contributed by atoms with van der Waals surface area (Å²) in [5.74, 6) is 5.64. The van der Waals surface area contributed by atoms with Gasteiger partial charge in [-0.2, -0.15) is 0 Å². The highest BCUT2D eigenvalue weighted by molar-refractivity contribution is 9.11. The minimum Gasteiger partial charge on any atom is -0.271 e. The molecule has 3 N–H and O–H groups in total. The van der Waals surface area contributed by atoms with Gasteiger partial charge in [0.25, 0.3) is 0 Å². The Balaban J connectivity index is 1.99. The summed E-state index contributed by atoms with van der Waals surface area (Å²) < 4.78 is 2.27. The second kappa shape index (κ2) is 6.82. The minimum atomic E-state index is 0.261. The second-order valence-electron chi connectivity index (χ2n) is 4.10. The first kappa shape index (κ1) is 14.2. The zero-order valence-corrected chi connectivity index (χ0v) is 13.7. The maximum atomic E-state index is 5.64. The minimum absolute atomic E-state index is 0.261. The van der Waals surface area contributed by atoms with Crippen LogP contribution in [0, 0.1) is 0 Å². The maximum absolute atomic E-state index is 5.64. The Morgan fingerprint density at radius 3 is 2.33 bits per heavy atom. The second-order valence-corrected chi connectivity index (χ2v) is 7.57. The van der Waals surface area contributed by atoms with Crippen molar-refractivity contribution in [1.82, 2.24) is 5.43 Å². The lowest BCUT2D eigenvalue weighted by Crippen LogP contribution is -2.38. The standard InChI is InChI=1S/C13H14Br2N2S/c14-10-3-1-9(2-4-10)7-11(17-16)8-12-5-6-13(15)18-12/h1-6,11,17H,7-8,16H2. The summed E-state index contributed by atoms with van der Waals surface area (Å²) in [4.78, 5) is 1.34. The molecule has 1 unspecified atom stereocenters. The van der Waals surface area contributed by atoms with Gasteiger partial charge in [-0.05, 0) is 58.6 Å². The van der Waals surface area contributed by atoms with Crippen LogP contribution in [-0.2, 0) is 12.8 Å². The highest BCUT2D eigenvalue weighted by Gasteiger charge is 2.10. The Labute approximate surface area is 128 Å². The molecule has 5 heteroatoms. The zero-order chi connectivity index (χ0) is 13.0. The number of hydrazine groups is 1. The van der Waals surface area contributed by atoms with Gasteiger partial charge in [-0.3, -0.25) is 11.3 Å². The molecule has 0 aliphatic carbocycles. The van der Waals surface area contributed by atoms with Gasteiger partial charge in [-0.25, -0.2) is 0 Å². The summed E-state index contributed by atoms with van der Waals surface area (Å²) >= 11 is 8.68. The van der Waals surface area contributed by atoms with Crippen LogP contribution in [0.25, 0.3) is 0 Å². The van der Waals surface area contributed by atoms with Gasteiger partial charge in [-0.1, -0.05) is 28.1 Å². The monoisotopic (exact) mass is 388 g/mol. The number of halogens is 2. The topological polar surface area (TPSA) is 38.0 Å². The molecule has 1 heterocycles. The lowest BCUT2D eigenvalue weighted by molar-refractivity contribution is 0.525. The molecule has 0 aliphatic heterocycles. The molecule has 96 valence electrons. The Kier molecular flexibility index (Phi) is 5.38. The predicted molar refractivity (Wildman–Crippen MR) is 84.7 cm³/mol. The number of hydrogen-bond acceptors (Lipinski definition) is 3. The van der Waals surface area contributed by atoms with Crippen molar-refractivity contribution in [1.29, 1.82) is 0 Å². The van der Waals surface area contributed by atoms with Gasteiger partial charge in [0.05, 0.1) is 3.79 Å². The molecule has 18 heavy (non-hydrogen) atoms. The molecule has 0 saturated carbocycles. The van der Waals surface area contributed by atoms with E-state index in [9.17, 15) is 0 Å². The smallest absolute Gasteiger partial charge is 0.0701 e. The van der Waals surface area contributed by atoms with Gasteiger partial charge in [0.15, 0.2) is 0 Å². The molecule has 0 aliphatic rings. The van der Waals surface area contributed by atoms with Gasteiger partial charge >= 0.3 is 0 Å². The Morgan fingerprint density at radius 1 is 1.06 bits per heavy atom. The van der Waals surface area contributed by atoms with Crippen LogP contribution in [0.5, 0.6) is 0 Å². The van der Waals surface area contributed by atoms with Crippen LogP contribution in [-0.4, -0.2) is 6.04 Å². The van der Waals surface area contributed by atoms with Gasteiger partial charge in [0.1, 0.15) is 0 Å². The van der Waals surface area contributed by atoms with Crippen LogP contribution >= 0.6 is 43.2 Å². The van der Waals surface area contributed by atoms with E-state index in [1.165, 1.54) is 10.4 Å². The molecular formula is C13H14Br2N2S. The van der Waals surface area contributed by atoms with E-state index < -0.39 is 0 Å². The molecule has 1 aromatic carbocycles. The predicted octanol–water partition coefficient (Wildman–Crippen LogP) is 3.89. The summed E-state index contributed by atoms with van der Waals surface area (Å²) in [5.41, 5.74) is 4.19. The normalized spacial score (nSPS) is 12.6. The van der Waals surface area contributed by atoms with Crippen molar-refractivity contribution >= 4 is 43.2 Å². The number of nitrogens with one attached hydrogen (secondary N) is 1. The first-order valence-corrected chi connectivity index (χ1v) is 8.02. The van der Waals surface area contributed by atoms with Crippen LogP contribution in [0.15, 0.2) is 44.7 Å². The fourth-order valence-electron chi connectivity index (χ4n) is 1.80. The molecule has 1 aromatic heterocycles. The van der Waals surface area contributed by atoms with Crippen LogP contribution in [0.2, 0.25) is 0 Å². The van der Waals surface area contributed by atoms with E-state index in [2.05, 4.69) is 73.7 Å². The lowest BCUT2D eigenvalue weighted by atomic mass is 10.0. The summed E-state index contributed by atoms with van der Waals surface area (Å²) in [5, 5.41) is 0. The van der Waals surface area contributed by atoms with Crippen molar-refractivity contribution in [2.24, 2.45) is 5.84 Å². The average Bonchev–Trinajstić information content (AvgIpc) is 2.77. The van der Waals surface area contributed by atoms with E-state index in [0.717, 1.165) is 21.1 Å². The number of benzene rings is 1. The molecule has 0 amide bonds.